The zero-order valence-electron chi connectivity index (χ0n) is 14.0. The SMILES string of the molecule is Cc1ccc(N=C2SC(CC(=O)O)C(=O)N2c2ccc(C)cc2)cc1. The second-order valence-electron chi connectivity index (χ2n) is 5.94. The maximum absolute atomic E-state index is 12.7. The molecule has 6 heteroatoms. The third-order valence-electron chi connectivity index (χ3n) is 3.85. The summed E-state index contributed by atoms with van der Waals surface area (Å²) in [5.41, 5.74) is 3.64. The van der Waals surface area contributed by atoms with Gasteiger partial charge in [-0.3, -0.25) is 14.5 Å². The van der Waals surface area contributed by atoms with Crippen molar-refractivity contribution in [2.45, 2.75) is 25.5 Å². The van der Waals surface area contributed by atoms with Gasteiger partial charge in [0.15, 0.2) is 5.17 Å². The lowest BCUT2D eigenvalue weighted by Crippen LogP contribution is -2.32. The molecular formula is C19H18N2O3S. The van der Waals surface area contributed by atoms with Gasteiger partial charge in [-0.05, 0) is 38.1 Å². The number of thioether (sulfide) groups is 1. The number of aliphatic carboxylic acids is 1. The van der Waals surface area contributed by atoms with Gasteiger partial charge < -0.3 is 5.11 Å². The Balaban J connectivity index is 1.99. The van der Waals surface area contributed by atoms with Gasteiger partial charge in [0.1, 0.15) is 5.25 Å². The first-order chi connectivity index (χ1) is 11.9. The lowest BCUT2D eigenvalue weighted by molar-refractivity contribution is -0.138. The molecule has 3 rings (SSSR count). The van der Waals surface area contributed by atoms with Crippen molar-refractivity contribution in [3.8, 4) is 0 Å². The number of hydrogen-bond acceptors (Lipinski definition) is 4. The summed E-state index contributed by atoms with van der Waals surface area (Å²) in [6, 6.07) is 15.2. The summed E-state index contributed by atoms with van der Waals surface area (Å²) in [6.07, 6.45) is -0.223. The molecule has 0 bridgehead atoms. The highest BCUT2D eigenvalue weighted by atomic mass is 32.2. The maximum Gasteiger partial charge on any atom is 0.305 e. The number of carboxylic acids is 1. The van der Waals surface area contributed by atoms with Crippen molar-refractivity contribution in [2.75, 3.05) is 4.90 Å². The molecule has 2 aromatic carbocycles. The van der Waals surface area contributed by atoms with E-state index in [0.29, 0.717) is 10.9 Å². The largest absolute Gasteiger partial charge is 0.481 e. The second kappa shape index (κ2) is 7.11. The zero-order chi connectivity index (χ0) is 18.0. The molecule has 1 aliphatic rings. The molecule has 1 unspecified atom stereocenters. The molecule has 128 valence electrons. The van der Waals surface area contributed by atoms with Crippen LogP contribution in [0.5, 0.6) is 0 Å². The minimum atomic E-state index is -0.994. The van der Waals surface area contributed by atoms with Gasteiger partial charge >= 0.3 is 5.97 Å². The Labute approximate surface area is 150 Å². The summed E-state index contributed by atoms with van der Waals surface area (Å²) in [5.74, 6) is -1.24. The van der Waals surface area contributed by atoms with Gasteiger partial charge in [0.05, 0.1) is 17.8 Å². The van der Waals surface area contributed by atoms with Crippen LogP contribution < -0.4 is 4.90 Å². The van der Waals surface area contributed by atoms with Gasteiger partial charge in [0, 0.05) is 0 Å². The molecule has 0 aromatic heterocycles. The number of carbonyl (C=O) groups excluding carboxylic acids is 1. The van der Waals surface area contributed by atoms with Crippen molar-refractivity contribution in [1.29, 1.82) is 0 Å². The fourth-order valence-electron chi connectivity index (χ4n) is 2.49. The normalized spacial score (nSPS) is 18.8. The highest BCUT2D eigenvalue weighted by Crippen LogP contribution is 2.35. The van der Waals surface area contributed by atoms with E-state index in [1.54, 1.807) is 0 Å². The van der Waals surface area contributed by atoms with E-state index in [4.69, 9.17) is 5.11 Å². The van der Waals surface area contributed by atoms with Gasteiger partial charge in [0.25, 0.3) is 0 Å². The molecule has 1 saturated heterocycles. The molecule has 0 saturated carbocycles. The summed E-state index contributed by atoms with van der Waals surface area (Å²) < 4.78 is 0. The molecule has 0 aliphatic carbocycles. The van der Waals surface area contributed by atoms with Crippen LogP contribution in [-0.2, 0) is 9.59 Å². The number of rotatable bonds is 4. The van der Waals surface area contributed by atoms with E-state index in [1.165, 1.54) is 16.7 Å². The number of anilines is 1. The molecule has 1 atom stereocenters. The van der Waals surface area contributed by atoms with Crippen LogP contribution in [0.3, 0.4) is 0 Å². The Morgan fingerprint density at radius 1 is 1.08 bits per heavy atom. The first-order valence-electron chi connectivity index (χ1n) is 7.88. The molecule has 5 nitrogen and oxygen atoms in total. The van der Waals surface area contributed by atoms with Gasteiger partial charge in [-0.25, -0.2) is 4.99 Å². The van der Waals surface area contributed by atoms with Crippen molar-refractivity contribution in [1.82, 2.24) is 0 Å². The zero-order valence-corrected chi connectivity index (χ0v) is 14.8. The first kappa shape index (κ1) is 17.2. The van der Waals surface area contributed by atoms with Crippen molar-refractivity contribution >= 4 is 40.2 Å². The summed E-state index contributed by atoms with van der Waals surface area (Å²) in [5, 5.41) is 8.91. The number of carbonyl (C=O) groups is 2. The van der Waals surface area contributed by atoms with Gasteiger partial charge in [-0.2, -0.15) is 0 Å². The summed E-state index contributed by atoms with van der Waals surface area (Å²) in [7, 11) is 0. The van der Waals surface area contributed by atoms with Crippen molar-refractivity contribution in [2.24, 2.45) is 4.99 Å². The fourth-order valence-corrected chi connectivity index (χ4v) is 3.64. The van der Waals surface area contributed by atoms with Gasteiger partial charge in [-0.1, -0.05) is 47.2 Å². The number of hydrogen-bond donors (Lipinski definition) is 1. The number of benzene rings is 2. The van der Waals surface area contributed by atoms with Crippen LogP contribution >= 0.6 is 11.8 Å². The number of aryl methyl sites for hydroxylation is 2. The molecule has 0 radical (unpaired) electrons. The van der Waals surface area contributed by atoms with Crippen LogP contribution in [0.15, 0.2) is 53.5 Å². The second-order valence-corrected chi connectivity index (χ2v) is 7.11. The van der Waals surface area contributed by atoms with E-state index in [0.717, 1.165) is 16.8 Å². The van der Waals surface area contributed by atoms with E-state index in [1.807, 2.05) is 62.4 Å². The third-order valence-corrected chi connectivity index (χ3v) is 4.98. The van der Waals surface area contributed by atoms with Crippen LogP contribution in [-0.4, -0.2) is 27.4 Å². The Bertz CT molecular complexity index is 829. The van der Waals surface area contributed by atoms with Crippen LogP contribution in [0, 0.1) is 13.8 Å². The van der Waals surface area contributed by atoms with E-state index >= 15 is 0 Å². The standard InChI is InChI=1S/C19H18N2O3S/c1-12-3-7-14(8-4-12)20-19-21(15-9-5-13(2)6-10-15)18(24)16(25-19)11-17(22)23/h3-10,16H,11H2,1-2H3,(H,22,23). The molecule has 1 amide bonds. The molecule has 0 spiro atoms. The van der Waals surface area contributed by atoms with Gasteiger partial charge in [-0.15, -0.1) is 0 Å². The molecule has 1 N–H and O–H groups in total. The molecular weight excluding hydrogens is 336 g/mol. The van der Waals surface area contributed by atoms with Crippen LogP contribution in [0.4, 0.5) is 11.4 Å². The third kappa shape index (κ3) is 3.91. The van der Waals surface area contributed by atoms with E-state index in [2.05, 4.69) is 4.99 Å². The van der Waals surface area contributed by atoms with Crippen LogP contribution in [0.1, 0.15) is 17.5 Å². The predicted molar refractivity (Wildman–Crippen MR) is 101 cm³/mol. The average molecular weight is 354 g/mol. The van der Waals surface area contributed by atoms with Gasteiger partial charge in [0.2, 0.25) is 5.91 Å². The first-order valence-corrected chi connectivity index (χ1v) is 8.76. The number of nitrogens with zero attached hydrogens (tertiary/aromatic N) is 2. The minimum absolute atomic E-state index is 0.223. The summed E-state index contributed by atoms with van der Waals surface area (Å²) >= 11 is 1.20. The fraction of sp³-hybridized carbons (Fsp3) is 0.211. The highest BCUT2D eigenvalue weighted by molar-refractivity contribution is 8.16. The maximum atomic E-state index is 12.7. The Morgan fingerprint density at radius 2 is 1.64 bits per heavy atom. The number of amides is 1. The lowest BCUT2D eigenvalue weighted by atomic mass is 10.2. The smallest absolute Gasteiger partial charge is 0.305 e. The number of carboxylic acid groups (broad SMARTS) is 1. The van der Waals surface area contributed by atoms with E-state index in [9.17, 15) is 9.59 Å². The topological polar surface area (TPSA) is 70.0 Å². The van der Waals surface area contributed by atoms with Crippen LogP contribution in [0.2, 0.25) is 0 Å². The molecule has 1 heterocycles. The summed E-state index contributed by atoms with van der Waals surface area (Å²) in [4.78, 5) is 29.9. The Morgan fingerprint density at radius 3 is 2.20 bits per heavy atom. The monoisotopic (exact) mass is 354 g/mol. The number of amidine groups is 1. The van der Waals surface area contributed by atoms with E-state index in [-0.39, 0.29) is 12.3 Å². The highest BCUT2D eigenvalue weighted by Gasteiger charge is 2.40. The molecule has 2 aromatic rings. The summed E-state index contributed by atoms with van der Waals surface area (Å²) in [6.45, 7) is 3.96. The Kier molecular flexibility index (Phi) is 4.90. The molecule has 1 fully saturated rings. The van der Waals surface area contributed by atoms with Crippen molar-refractivity contribution in [3.05, 3.63) is 59.7 Å². The number of aliphatic imine (C=N–C) groups is 1. The van der Waals surface area contributed by atoms with Crippen molar-refractivity contribution in [3.63, 3.8) is 0 Å². The predicted octanol–water partition coefficient (Wildman–Crippen LogP) is 3.91. The van der Waals surface area contributed by atoms with Crippen LogP contribution in [0.25, 0.3) is 0 Å². The van der Waals surface area contributed by atoms with E-state index < -0.39 is 11.2 Å². The quantitative estimate of drug-likeness (QED) is 0.903. The lowest BCUT2D eigenvalue weighted by Gasteiger charge is -2.16. The van der Waals surface area contributed by atoms with Crippen molar-refractivity contribution < 1.29 is 14.7 Å². The molecule has 1 aliphatic heterocycles. The average Bonchev–Trinajstić information content (AvgIpc) is 2.86. The Hall–Kier alpha value is -2.60. The molecule has 25 heavy (non-hydrogen) atoms. The minimum Gasteiger partial charge on any atom is -0.481 e.